The van der Waals surface area contributed by atoms with Crippen LogP contribution < -0.4 is 16.0 Å². The van der Waals surface area contributed by atoms with Crippen LogP contribution in [0, 0.1) is 0 Å². The molecule has 0 saturated carbocycles. The molecule has 1 saturated heterocycles. The van der Waals surface area contributed by atoms with Gasteiger partial charge in [-0.15, -0.1) is 0 Å². The van der Waals surface area contributed by atoms with Crippen LogP contribution >= 0.6 is 0 Å². The van der Waals surface area contributed by atoms with Crippen molar-refractivity contribution in [2.45, 2.75) is 38.1 Å². The number of nitrogens with one attached hydrogen (secondary N) is 3. The number of benzene rings is 1. The van der Waals surface area contributed by atoms with Gasteiger partial charge < -0.3 is 20.9 Å². The maximum Gasteiger partial charge on any atom is 0.421 e. The Hall–Kier alpha value is -3.14. The summed E-state index contributed by atoms with van der Waals surface area (Å²) in [6.45, 7) is 5.85. The van der Waals surface area contributed by atoms with Gasteiger partial charge in [-0.25, -0.2) is 4.98 Å². The van der Waals surface area contributed by atoms with E-state index in [1.165, 1.54) is 11.6 Å². The first-order valence-electron chi connectivity index (χ1n) is 10.0. The Morgan fingerprint density at radius 2 is 2.10 bits per heavy atom. The summed E-state index contributed by atoms with van der Waals surface area (Å²) in [5, 5.41) is 9.12. The van der Waals surface area contributed by atoms with Crippen molar-refractivity contribution in [1.82, 2.24) is 20.2 Å². The van der Waals surface area contributed by atoms with E-state index in [4.69, 9.17) is 0 Å². The van der Waals surface area contributed by atoms with E-state index in [1.807, 2.05) is 18.2 Å². The molecule has 0 bridgehead atoms. The molecule has 31 heavy (non-hydrogen) atoms. The van der Waals surface area contributed by atoms with Crippen molar-refractivity contribution < 1.29 is 18.0 Å². The number of alkyl halides is 3. The van der Waals surface area contributed by atoms with Crippen molar-refractivity contribution >= 4 is 23.4 Å². The molecule has 7 nitrogen and oxygen atoms in total. The van der Waals surface area contributed by atoms with Gasteiger partial charge in [0.2, 0.25) is 11.9 Å². The van der Waals surface area contributed by atoms with E-state index in [2.05, 4.69) is 32.5 Å². The van der Waals surface area contributed by atoms with Gasteiger partial charge in [0, 0.05) is 44.1 Å². The van der Waals surface area contributed by atoms with Crippen LogP contribution in [0.3, 0.4) is 0 Å². The number of nitrogens with zero attached hydrogens (tertiary/aromatic N) is 3. The summed E-state index contributed by atoms with van der Waals surface area (Å²) in [5.41, 5.74) is 2.08. The van der Waals surface area contributed by atoms with Gasteiger partial charge in [-0.2, -0.15) is 18.2 Å². The van der Waals surface area contributed by atoms with E-state index in [0.29, 0.717) is 25.1 Å². The molecule has 0 unspecified atom stereocenters. The predicted molar refractivity (Wildman–Crippen MR) is 111 cm³/mol. The second kappa shape index (κ2) is 8.54. The molecule has 2 aliphatic rings. The van der Waals surface area contributed by atoms with Crippen molar-refractivity contribution in [2.75, 3.05) is 23.7 Å². The molecule has 10 heteroatoms. The number of fused-ring (bicyclic) bond motifs is 1. The molecule has 0 aliphatic carbocycles. The zero-order chi connectivity index (χ0) is 22.0. The number of aromatic nitrogens is 2. The predicted octanol–water partition coefficient (Wildman–Crippen LogP) is 3.43. The summed E-state index contributed by atoms with van der Waals surface area (Å²) >= 11 is 0. The summed E-state index contributed by atoms with van der Waals surface area (Å²) in [6.07, 6.45) is -1.31. The minimum atomic E-state index is -4.61. The highest BCUT2D eigenvalue weighted by Gasteiger charge is 2.36. The van der Waals surface area contributed by atoms with Crippen molar-refractivity contribution in [3.8, 4) is 0 Å². The fraction of sp³-hybridized carbons (Fsp3) is 0.381. The van der Waals surface area contributed by atoms with E-state index in [-0.39, 0.29) is 30.3 Å². The summed E-state index contributed by atoms with van der Waals surface area (Å²) in [4.78, 5) is 21.4. The Morgan fingerprint density at radius 3 is 2.87 bits per heavy atom. The maximum atomic E-state index is 13.5. The van der Waals surface area contributed by atoms with Gasteiger partial charge in [0.15, 0.2) is 0 Å². The molecule has 1 aromatic carbocycles. The van der Waals surface area contributed by atoms with E-state index >= 15 is 0 Å². The van der Waals surface area contributed by atoms with E-state index in [9.17, 15) is 18.0 Å². The quantitative estimate of drug-likeness (QED) is 0.628. The third kappa shape index (κ3) is 4.79. The van der Waals surface area contributed by atoms with Crippen LogP contribution in [0.25, 0.3) is 0 Å². The van der Waals surface area contributed by atoms with E-state index in [1.54, 1.807) is 4.90 Å². The molecule has 2 aliphatic heterocycles. The molecule has 1 aromatic heterocycles. The van der Waals surface area contributed by atoms with Crippen LogP contribution in [0.2, 0.25) is 0 Å². The molecule has 3 heterocycles. The number of anilines is 3. The molecule has 4 rings (SSSR count). The van der Waals surface area contributed by atoms with Gasteiger partial charge in [-0.05, 0) is 42.2 Å². The highest BCUT2D eigenvalue weighted by atomic mass is 19.4. The fourth-order valence-corrected chi connectivity index (χ4v) is 3.88. The summed E-state index contributed by atoms with van der Waals surface area (Å²) < 4.78 is 40.6. The molecule has 1 atom stereocenters. The molecule has 0 radical (unpaired) electrons. The van der Waals surface area contributed by atoms with Gasteiger partial charge in [0.1, 0.15) is 11.4 Å². The number of halogens is 3. The summed E-state index contributed by atoms with van der Waals surface area (Å²) in [7, 11) is 0. The fourth-order valence-electron chi connectivity index (χ4n) is 3.88. The topological polar surface area (TPSA) is 82.2 Å². The number of rotatable bonds is 5. The Kier molecular flexibility index (Phi) is 5.81. The van der Waals surface area contributed by atoms with Gasteiger partial charge in [-0.3, -0.25) is 4.79 Å². The molecule has 1 amide bonds. The summed E-state index contributed by atoms with van der Waals surface area (Å²) in [6, 6.07) is 5.39. The Bertz CT molecular complexity index is 994. The Balaban J connectivity index is 1.56. The van der Waals surface area contributed by atoms with Crippen LogP contribution in [-0.2, 0) is 24.1 Å². The first kappa shape index (κ1) is 21.1. The van der Waals surface area contributed by atoms with Crippen molar-refractivity contribution in [3.63, 3.8) is 0 Å². The lowest BCUT2D eigenvalue weighted by molar-refractivity contribution is -0.137. The van der Waals surface area contributed by atoms with Crippen molar-refractivity contribution in [3.05, 3.63) is 53.7 Å². The van der Waals surface area contributed by atoms with Crippen LogP contribution in [-0.4, -0.2) is 39.9 Å². The Morgan fingerprint density at radius 1 is 1.29 bits per heavy atom. The molecule has 0 spiro atoms. The monoisotopic (exact) mass is 432 g/mol. The average Bonchev–Trinajstić information content (AvgIpc) is 3.20. The zero-order valence-electron chi connectivity index (χ0n) is 16.8. The second-order valence-electron chi connectivity index (χ2n) is 7.64. The number of carbonyl (C=O) groups is 1. The van der Waals surface area contributed by atoms with Gasteiger partial charge >= 0.3 is 6.18 Å². The molecule has 3 N–H and O–H groups in total. The SMILES string of the molecule is C=CC(=O)N1CCC[C@@H](Nc2nc(Nc3ccc4c(c3)CNC4)ncc2C(F)(F)F)C1. The number of hydrogen-bond acceptors (Lipinski definition) is 6. The number of piperidine rings is 1. The average molecular weight is 432 g/mol. The third-order valence-corrected chi connectivity index (χ3v) is 5.44. The lowest BCUT2D eigenvalue weighted by Gasteiger charge is -2.33. The van der Waals surface area contributed by atoms with Crippen molar-refractivity contribution in [2.24, 2.45) is 0 Å². The highest BCUT2D eigenvalue weighted by molar-refractivity contribution is 5.87. The van der Waals surface area contributed by atoms with Gasteiger partial charge in [-0.1, -0.05) is 12.6 Å². The largest absolute Gasteiger partial charge is 0.421 e. The molecular formula is C21H23F3N6O. The minimum Gasteiger partial charge on any atom is -0.365 e. The van der Waals surface area contributed by atoms with Crippen molar-refractivity contribution in [1.29, 1.82) is 0 Å². The standard InChI is InChI=1S/C21H23F3N6O/c1-2-18(31)30-7-3-4-16(12-30)27-19-17(21(22,23)24)11-26-20(29-19)28-15-6-5-13-9-25-10-14(13)8-15/h2,5-6,8,11,16,25H,1,3-4,7,9-10,12H2,(H2,26,27,28,29)/t16-/m1/s1. The number of hydrogen-bond donors (Lipinski definition) is 3. The number of amides is 1. The number of likely N-dealkylation sites (tertiary alicyclic amines) is 1. The van der Waals surface area contributed by atoms with Crippen LogP contribution in [0.5, 0.6) is 0 Å². The lowest BCUT2D eigenvalue weighted by atomic mass is 10.1. The van der Waals surface area contributed by atoms with E-state index in [0.717, 1.165) is 24.8 Å². The van der Waals surface area contributed by atoms with E-state index < -0.39 is 11.7 Å². The molecular weight excluding hydrogens is 409 g/mol. The molecule has 1 fully saturated rings. The summed E-state index contributed by atoms with van der Waals surface area (Å²) in [5.74, 6) is -0.472. The number of carbonyl (C=O) groups excluding carboxylic acids is 1. The normalized spacial score (nSPS) is 18.4. The van der Waals surface area contributed by atoms with Crippen LogP contribution in [0.4, 0.5) is 30.6 Å². The highest BCUT2D eigenvalue weighted by Crippen LogP contribution is 2.35. The third-order valence-electron chi connectivity index (χ3n) is 5.44. The van der Waals surface area contributed by atoms with Crippen LogP contribution in [0.1, 0.15) is 29.5 Å². The second-order valence-corrected chi connectivity index (χ2v) is 7.64. The lowest BCUT2D eigenvalue weighted by Crippen LogP contribution is -2.44. The smallest absolute Gasteiger partial charge is 0.365 e. The molecule has 164 valence electrons. The maximum absolute atomic E-state index is 13.5. The first-order chi connectivity index (χ1) is 14.8. The van der Waals surface area contributed by atoms with Crippen LogP contribution in [0.15, 0.2) is 37.1 Å². The molecule has 2 aromatic rings. The first-order valence-corrected chi connectivity index (χ1v) is 10.0. The van der Waals surface area contributed by atoms with Gasteiger partial charge in [0.25, 0.3) is 0 Å². The minimum absolute atomic E-state index is 0.0660. The van der Waals surface area contributed by atoms with Gasteiger partial charge in [0.05, 0.1) is 0 Å². The Labute approximate surface area is 177 Å². The zero-order valence-corrected chi connectivity index (χ0v) is 16.8.